The summed E-state index contributed by atoms with van der Waals surface area (Å²) >= 11 is 0. The van der Waals surface area contributed by atoms with Crippen molar-refractivity contribution in [1.82, 2.24) is 9.80 Å². The Kier molecular flexibility index (Phi) is 14.8. The molecule has 2 aliphatic rings. The highest BCUT2D eigenvalue weighted by Crippen LogP contribution is 2.33. The fourth-order valence-corrected chi connectivity index (χ4v) is 6.00. The Labute approximate surface area is 235 Å². The largest absolute Gasteiger partial charge is 0.372 e. The smallest absolute Gasteiger partial charge is 0.0686 e. The lowest BCUT2D eigenvalue weighted by Crippen LogP contribution is -2.46. The predicted octanol–water partition coefficient (Wildman–Crippen LogP) is 9.13. The van der Waals surface area contributed by atoms with Gasteiger partial charge in [0.1, 0.15) is 0 Å². The second-order valence-corrected chi connectivity index (χ2v) is 12.7. The molecule has 1 saturated heterocycles. The molecule has 2 heterocycles. The van der Waals surface area contributed by atoms with Crippen molar-refractivity contribution >= 4 is 5.71 Å². The molecule has 2 aliphatic heterocycles. The van der Waals surface area contributed by atoms with E-state index in [2.05, 4.69) is 99.0 Å². The van der Waals surface area contributed by atoms with E-state index in [1.165, 1.54) is 75.1 Å². The minimum atomic E-state index is 0.371. The topological polar surface area (TPSA) is 18.8 Å². The van der Waals surface area contributed by atoms with Gasteiger partial charge in [0, 0.05) is 56.9 Å². The number of allylic oxidation sites excluding steroid dienone is 7. The summed E-state index contributed by atoms with van der Waals surface area (Å²) in [5, 5.41) is 0. The second kappa shape index (κ2) is 17.5. The van der Waals surface area contributed by atoms with Crippen molar-refractivity contribution in [3.8, 4) is 0 Å². The minimum Gasteiger partial charge on any atom is -0.372 e. The first-order valence-corrected chi connectivity index (χ1v) is 15.3. The van der Waals surface area contributed by atoms with Gasteiger partial charge in [0.25, 0.3) is 0 Å². The maximum Gasteiger partial charge on any atom is 0.0686 e. The van der Waals surface area contributed by atoms with Crippen LogP contribution in [0.25, 0.3) is 0 Å². The van der Waals surface area contributed by atoms with Gasteiger partial charge in [-0.05, 0) is 54.7 Å². The third kappa shape index (κ3) is 12.6. The van der Waals surface area contributed by atoms with E-state index >= 15 is 0 Å². The van der Waals surface area contributed by atoms with E-state index in [1.54, 1.807) is 6.20 Å². The van der Waals surface area contributed by atoms with Gasteiger partial charge in [-0.1, -0.05) is 97.8 Å². The molecule has 2 rings (SSSR count). The Hall–Kier alpha value is -2.09. The van der Waals surface area contributed by atoms with Crippen LogP contribution in [-0.4, -0.2) is 48.2 Å². The summed E-state index contributed by atoms with van der Waals surface area (Å²) in [6.45, 7) is 24.3. The molecule has 1 fully saturated rings. The van der Waals surface area contributed by atoms with Crippen LogP contribution in [0.2, 0.25) is 0 Å². The Balaban J connectivity index is 2.13. The van der Waals surface area contributed by atoms with Crippen molar-refractivity contribution in [1.29, 1.82) is 0 Å². The predicted molar refractivity (Wildman–Crippen MR) is 169 cm³/mol. The Bertz CT molecular complexity index is 881. The summed E-state index contributed by atoms with van der Waals surface area (Å²) in [5.41, 5.74) is 7.57. The van der Waals surface area contributed by atoms with Crippen molar-refractivity contribution in [2.24, 2.45) is 22.2 Å². The number of piperazine rings is 1. The molecule has 0 aromatic carbocycles. The van der Waals surface area contributed by atoms with Gasteiger partial charge >= 0.3 is 0 Å². The van der Waals surface area contributed by atoms with Gasteiger partial charge in [0.15, 0.2) is 0 Å². The van der Waals surface area contributed by atoms with Crippen LogP contribution in [0.5, 0.6) is 0 Å². The fraction of sp³-hybridized carbons (Fsp3) is 0.657. The normalized spacial score (nSPS) is 20.1. The Morgan fingerprint density at radius 1 is 1.11 bits per heavy atom. The number of rotatable bonds is 15. The maximum absolute atomic E-state index is 4.58. The van der Waals surface area contributed by atoms with Crippen LogP contribution in [0.3, 0.4) is 0 Å². The fourth-order valence-electron chi connectivity index (χ4n) is 6.00. The molecule has 0 amide bonds. The summed E-state index contributed by atoms with van der Waals surface area (Å²) in [6.07, 6.45) is 25.4. The molecule has 38 heavy (non-hydrogen) atoms. The SMILES string of the molecule is C=C/C(=C(\C/C=C\CC1=NC=C=C/C=C\C1)N1CCN(CCCCCC)CC1)C(C)CC(C)CC(C)(C)C. The van der Waals surface area contributed by atoms with E-state index in [0.717, 1.165) is 32.4 Å². The van der Waals surface area contributed by atoms with Crippen LogP contribution in [0, 0.1) is 17.3 Å². The van der Waals surface area contributed by atoms with Crippen LogP contribution < -0.4 is 0 Å². The zero-order valence-corrected chi connectivity index (χ0v) is 25.6. The van der Waals surface area contributed by atoms with Crippen molar-refractivity contribution < 1.29 is 0 Å². The highest BCUT2D eigenvalue weighted by Gasteiger charge is 2.24. The molecule has 0 bridgehead atoms. The van der Waals surface area contributed by atoms with Crippen molar-refractivity contribution in [3.05, 3.63) is 66.2 Å². The number of aliphatic imine (C=N–C) groups is 1. The number of nitrogens with zero attached hydrogens (tertiary/aromatic N) is 3. The second-order valence-electron chi connectivity index (χ2n) is 12.7. The quantitative estimate of drug-likeness (QED) is 0.0929. The third-order valence-electron chi connectivity index (χ3n) is 7.72. The average molecular weight is 520 g/mol. The maximum atomic E-state index is 4.58. The molecule has 0 saturated carbocycles. The summed E-state index contributed by atoms with van der Waals surface area (Å²) in [6, 6.07) is 0. The lowest BCUT2D eigenvalue weighted by molar-refractivity contribution is 0.153. The van der Waals surface area contributed by atoms with Crippen LogP contribution in [-0.2, 0) is 0 Å². The minimum absolute atomic E-state index is 0.371. The van der Waals surface area contributed by atoms with Crippen LogP contribution >= 0.6 is 0 Å². The molecule has 3 nitrogen and oxygen atoms in total. The zero-order valence-electron chi connectivity index (χ0n) is 25.6. The molecule has 0 aromatic rings. The molecular formula is C35H57N3. The van der Waals surface area contributed by atoms with E-state index < -0.39 is 0 Å². The van der Waals surface area contributed by atoms with Gasteiger partial charge in [0.05, 0.1) is 6.20 Å². The van der Waals surface area contributed by atoms with Crippen molar-refractivity contribution in [2.75, 3.05) is 32.7 Å². The highest BCUT2D eigenvalue weighted by molar-refractivity contribution is 5.87. The van der Waals surface area contributed by atoms with E-state index in [0.29, 0.717) is 17.3 Å². The van der Waals surface area contributed by atoms with E-state index in [-0.39, 0.29) is 0 Å². The third-order valence-corrected chi connectivity index (χ3v) is 7.72. The molecule has 0 N–H and O–H groups in total. The first-order valence-electron chi connectivity index (χ1n) is 15.3. The van der Waals surface area contributed by atoms with Gasteiger partial charge in [-0.2, -0.15) is 0 Å². The number of unbranched alkanes of at least 4 members (excludes halogenated alkanes) is 3. The number of hydrogen-bond acceptors (Lipinski definition) is 3. The molecule has 212 valence electrons. The molecule has 0 radical (unpaired) electrons. The van der Waals surface area contributed by atoms with E-state index in [1.807, 2.05) is 6.08 Å². The lowest BCUT2D eigenvalue weighted by Gasteiger charge is -2.39. The van der Waals surface area contributed by atoms with Gasteiger partial charge in [0.2, 0.25) is 0 Å². The van der Waals surface area contributed by atoms with E-state index in [9.17, 15) is 0 Å². The molecule has 0 aliphatic carbocycles. The van der Waals surface area contributed by atoms with E-state index in [4.69, 9.17) is 0 Å². The first-order chi connectivity index (χ1) is 18.2. The lowest BCUT2D eigenvalue weighted by atomic mass is 9.80. The van der Waals surface area contributed by atoms with Crippen LogP contribution in [0.1, 0.15) is 99.3 Å². The highest BCUT2D eigenvalue weighted by atomic mass is 15.3. The summed E-state index contributed by atoms with van der Waals surface area (Å²) in [4.78, 5) is 9.91. The molecule has 2 unspecified atom stereocenters. The zero-order chi connectivity index (χ0) is 27.8. The van der Waals surface area contributed by atoms with Crippen molar-refractivity contribution in [2.45, 2.75) is 99.3 Å². The molecule has 2 atom stereocenters. The average Bonchev–Trinajstić information content (AvgIpc) is 2.84. The van der Waals surface area contributed by atoms with Crippen molar-refractivity contribution in [3.63, 3.8) is 0 Å². The number of hydrogen-bond donors (Lipinski definition) is 0. The van der Waals surface area contributed by atoms with Gasteiger partial charge < -0.3 is 4.90 Å². The standard InChI is InChI=1S/C35H57N3/c1-8-10-11-18-23-37-24-26-38(27-25-37)34(21-16-15-20-32-19-14-12-13-17-22-36-32)33(9-2)31(4)28-30(3)29-35(5,6)7/h9,12-16,22,30-31H,2,8,10-11,18-21,23-29H2,1,3-7H3/b14-12-,16-15-,34-33-,36-32?. The van der Waals surface area contributed by atoms with Crippen LogP contribution in [0.4, 0.5) is 0 Å². The summed E-state index contributed by atoms with van der Waals surface area (Å²) in [7, 11) is 0. The Morgan fingerprint density at radius 2 is 1.87 bits per heavy atom. The molecule has 0 aromatic heterocycles. The summed E-state index contributed by atoms with van der Waals surface area (Å²) in [5.74, 6) is 1.21. The Morgan fingerprint density at radius 3 is 2.55 bits per heavy atom. The molecular weight excluding hydrogens is 462 g/mol. The molecule has 3 heteroatoms. The van der Waals surface area contributed by atoms with Crippen LogP contribution in [0.15, 0.2) is 71.2 Å². The molecule has 0 spiro atoms. The monoisotopic (exact) mass is 519 g/mol. The van der Waals surface area contributed by atoms with Gasteiger partial charge in [-0.15, -0.1) is 5.73 Å². The van der Waals surface area contributed by atoms with Gasteiger partial charge in [-0.3, -0.25) is 9.89 Å². The van der Waals surface area contributed by atoms with Gasteiger partial charge in [-0.25, -0.2) is 0 Å². The summed E-state index contributed by atoms with van der Waals surface area (Å²) < 4.78 is 0. The first kappa shape index (κ1) is 32.1.